The highest BCUT2D eigenvalue weighted by atomic mass is 35.5. The van der Waals surface area contributed by atoms with Crippen LogP contribution < -0.4 is 16.0 Å². The summed E-state index contributed by atoms with van der Waals surface area (Å²) in [6, 6.07) is -0.317. The molecule has 0 bridgehead atoms. The van der Waals surface area contributed by atoms with Gasteiger partial charge in [-0.25, -0.2) is 0 Å². The van der Waals surface area contributed by atoms with Gasteiger partial charge in [-0.2, -0.15) is 0 Å². The third-order valence-electron chi connectivity index (χ3n) is 3.69. The summed E-state index contributed by atoms with van der Waals surface area (Å²) in [7, 11) is 0. The van der Waals surface area contributed by atoms with Crippen LogP contribution in [0.1, 0.15) is 32.6 Å². The largest absolute Gasteiger partial charge is 0.354 e. The first kappa shape index (κ1) is 15.2. The van der Waals surface area contributed by atoms with E-state index in [1.807, 2.05) is 0 Å². The maximum absolute atomic E-state index is 11.8. The molecule has 2 heterocycles. The van der Waals surface area contributed by atoms with E-state index in [1.165, 1.54) is 0 Å². The van der Waals surface area contributed by atoms with Crippen molar-refractivity contribution in [3.63, 3.8) is 0 Å². The van der Waals surface area contributed by atoms with Crippen LogP contribution in [0.3, 0.4) is 0 Å². The molecule has 104 valence electrons. The Morgan fingerprint density at radius 2 is 2.33 bits per heavy atom. The molecule has 0 aromatic carbocycles. The van der Waals surface area contributed by atoms with Crippen LogP contribution in [0, 0.1) is 5.41 Å². The van der Waals surface area contributed by atoms with Crippen molar-refractivity contribution in [3.05, 3.63) is 0 Å². The van der Waals surface area contributed by atoms with Crippen molar-refractivity contribution in [2.75, 3.05) is 19.6 Å². The Morgan fingerprint density at radius 1 is 1.56 bits per heavy atom. The molecule has 2 amide bonds. The second-order valence-corrected chi connectivity index (χ2v) is 5.47. The van der Waals surface area contributed by atoms with Crippen molar-refractivity contribution in [2.24, 2.45) is 5.41 Å². The summed E-state index contributed by atoms with van der Waals surface area (Å²) in [5.41, 5.74) is 0.149. The number of hydrogen-bond donors (Lipinski definition) is 3. The lowest BCUT2D eigenvalue weighted by molar-refractivity contribution is -0.126. The van der Waals surface area contributed by atoms with Crippen LogP contribution in [0.5, 0.6) is 0 Å². The van der Waals surface area contributed by atoms with Gasteiger partial charge in [0.25, 0.3) is 0 Å². The van der Waals surface area contributed by atoms with Crippen LogP contribution >= 0.6 is 12.4 Å². The highest BCUT2D eigenvalue weighted by Gasteiger charge is 2.30. The zero-order valence-corrected chi connectivity index (χ0v) is 11.6. The van der Waals surface area contributed by atoms with E-state index in [9.17, 15) is 9.59 Å². The van der Waals surface area contributed by atoms with Gasteiger partial charge in [0.05, 0.1) is 0 Å². The molecule has 1 unspecified atom stereocenters. The Morgan fingerprint density at radius 3 is 2.89 bits per heavy atom. The van der Waals surface area contributed by atoms with Gasteiger partial charge >= 0.3 is 0 Å². The van der Waals surface area contributed by atoms with Crippen molar-refractivity contribution >= 4 is 24.2 Å². The van der Waals surface area contributed by atoms with Crippen molar-refractivity contribution in [1.29, 1.82) is 0 Å². The first-order valence-electron chi connectivity index (χ1n) is 6.37. The molecular weight excluding hydrogens is 254 g/mol. The number of carbonyl (C=O) groups is 2. The molecule has 0 radical (unpaired) electrons. The van der Waals surface area contributed by atoms with Gasteiger partial charge in [-0.05, 0) is 31.2 Å². The second kappa shape index (κ2) is 6.38. The maximum atomic E-state index is 11.8. The SMILES string of the molecule is CC1(CNC(=O)[C@H]2CCC(=O)N2)CCCNC1.Cl. The van der Waals surface area contributed by atoms with Crippen LogP contribution in [0.25, 0.3) is 0 Å². The Balaban J connectivity index is 0.00000162. The monoisotopic (exact) mass is 275 g/mol. The molecule has 2 aliphatic rings. The quantitative estimate of drug-likeness (QED) is 0.689. The highest BCUT2D eigenvalue weighted by molar-refractivity contribution is 5.90. The average Bonchev–Trinajstić information content (AvgIpc) is 2.74. The molecular formula is C12H22ClN3O2. The topological polar surface area (TPSA) is 70.2 Å². The fraction of sp³-hybridized carbons (Fsp3) is 0.833. The molecule has 0 spiro atoms. The van der Waals surface area contributed by atoms with E-state index in [0.717, 1.165) is 25.9 Å². The third kappa shape index (κ3) is 3.85. The summed E-state index contributed by atoms with van der Waals surface area (Å²) in [5.74, 6) is -0.0571. The smallest absolute Gasteiger partial charge is 0.242 e. The minimum atomic E-state index is -0.317. The predicted octanol–water partition coefficient (Wildman–Crippen LogP) is 0.193. The zero-order valence-electron chi connectivity index (χ0n) is 10.8. The van der Waals surface area contributed by atoms with Crippen LogP contribution in [-0.4, -0.2) is 37.5 Å². The van der Waals surface area contributed by atoms with Crippen molar-refractivity contribution in [2.45, 2.75) is 38.6 Å². The minimum Gasteiger partial charge on any atom is -0.354 e. The van der Waals surface area contributed by atoms with Crippen molar-refractivity contribution in [3.8, 4) is 0 Å². The average molecular weight is 276 g/mol. The van der Waals surface area contributed by atoms with Crippen LogP contribution in [0.4, 0.5) is 0 Å². The van der Waals surface area contributed by atoms with E-state index < -0.39 is 0 Å². The highest BCUT2D eigenvalue weighted by Crippen LogP contribution is 2.24. The predicted molar refractivity (Wildman–Crippen MR) is 71.6 cm³/mol. The number of carbonyl (C=O) groups excluding carboxylic acids is 2. The molecule has 5 nitrogen and oxygen atoms in total. The number of piperidine rings is 1. The van der Waals surface area contributed by atoms with Gasteiger partial charge in [0.15, 0.2) is 0 Å². The third-order valence-corrected chi connectivity index (χ3v) is 3.69. The minimum absolute atomic E-state index is 0. The number of amides is 2. The van der Waals surface area contributed by atoms with Crippen LogP contribution in [0.2, 0.25) is 0 Å². The molecule has 2 saturated heterocycles. The lowest BCUT2D eigenvalue weighted by atomic mass is 9.83. The number of rotatable bonds is 3. The summed E-state index contributed by atoms with van der Waals surface area (Å²) in [6.45, 7) is 4.89. The standard InChI is InChI=1S/C12H21N3O2.ClH/c1-12(5-2-6-13-7-12)8-14-11(17)9-3-4-10(16)15-9;/h9,13H,2-8H2,1H3,(H,14,17)(H,15,16);1H/t9-,12?;/m1./s1. The van der Waals surface area contributed by atoms with Crippen molar-refractivity contribution in [1.82, 2.24) is 16.0 Å². The van der Waals surface area contributed by atoms with Gasteiger partial charge < -0.3 is 16.0 Å². The van der Waals surface area contributed by atoms with Crippen LogP contribution in [0.15, 0.2) is 0 Å². The maximum Gasteiger partial charge on any atom is 0.242 e. The van der Waals surface area contributed by atoms with Crippen molar-refractivity contribution < 1.29 is 9.59 Å². The van der Waals surface area contributed by atoms with Gasteiger partial charge in [-0.1, -0.05) is 6.92 Å². The molecule has 0 aromatic rings. The Bertz CT molecular complexity index is 316. The fourth-order valence-corrected chi connectivity index (χ4v) is 2.50. The normalized spacial score (nSPS) is 31.4. The summed E-state index contributed by atoms with van der Waals surface area (Å²) in [6.07, 6.45) is 3.39. The lowest BCUT2D eigenvalue weighted by Crippen LogP contribution is -2.49. The van der Waals surface area contributed by atoms with E-state index in [1.54, 1.807) is 0 Å². The number of hydrogen-bond acceptors (Lipinski definition) is 3. The molecule has 2 aliphatic heterocycles. The first-order chi connectivity index (χ1) is 8.09. The number of nitrogens with one attached hydrogen (secondary N) is 3. The van der Waals surface area contributed by atoms with Crippen LogP contribution in [-0.2, 0) is 9.59 Å². The first-order valence-corrected chi connectivity index (χ1v) is 6.37. The molecule has 6 heteroatoms. The summed E-state index contributed by atoms with van der Waals surface area (Å²) in [5, 5.41) is 9.00. The molecule has 2 fully saturated rings. The molecule has 0 saturated carbocycles. The molecule has 0 aromatic heterocycles. The Labute approximate surface area is 114 Å². The second-order valence-electron chi connectivity index (χ2n) is 5.47. The Kier molecular flexibility index (Phi) is 5.41. The van der Waals surface area contributed by atoms with E-state index in [4.69, 9.17) is 0 Å². The van der Waals surface area contributed by atoms with Gasteiger partial charge in [-0.3, -0.25) is 9.59 Å². The Hall–Kier alpha value is -0.810. The molecule has 3 N–H and O–H groups in total. The van der Waals surface area contributed by atoms with E-state index >= 15 is 0 Å². The zero-order chi connectivity index (χ0) is 12.3. The molecule has 0 aliphatic carbocycles. The summed E-state index contributed by atoms with van der Waals surface area (Å²) >= 11 is 0. The summed E-state index contributed by atoms with van der Waals surface area (Å²) in [4.78, 5) is 22.9. The van der Waals surface area contributed by atoms with Gasteiger partial charge in [0.2, 0.25) is 11.8 Å². The number of halogens is 1. The summed E-state index contributed by atoms with van der Waals surface area (Å²) < 4.78 is 0. The van der Waals surface area contributed by atoms with Gasteiger partial charge in [0, 0.05) is 19.5 Å². The van der Waals surface area contributed by atoms with E-state index in [0.29, 0.717) is 19.4 Å². The van der Waals surface area contributed by atoms with E-state index in [2.05, 4.69) is 22.9 Å². The molecule has 2 rings (SSSR count). The van der Waals surface area contributed by atoms with Gasteiger partial charge in [-0.15, -0.1) is 12.4 Å². The van der Waals surface area contributed by atoms with Gasteiger partial charge in [0.1, 0.15) is 6.04 Å². The van der Waals surface area contributed by atoms with E-state index in [-0.39, 0.29) is 35.7 Å². The molecule has 18 heavy (non-hydrogen) atoms. The fourth-order valence-electron chi connectivity index (χ4n) is 2.50. The lowest BCUT2D eigenvalue weighted by Gasteiger charge is -2.34. The molecule has 2 atom stereocenters.